The zero-order valence-electron chi connectivity index (χ0n) is 16.8. The number of hydrogen-bond donors (Lipinski definition) is 0. The Balaban J connectivity index is 2.33. The molecule has 0 aromatic rings. The summed E-state index contributed by atoms with van der Waals surface area (Å²) in [6.07, 6.45) is 8.75. The summed E-state index contributed by atoms with van der Waals surface area (Å²) in [4.78, 5) is 24.0. The van der Waals surface area contributed by atoms with Gasteiger partial charge in [0.15, 0.2) is 0 Å². The smallest absolute Gasteiger partial charge is 0.334 e. The van der Waals surface area contributed by atoms with E-state index in [9.17, 15) is 9.59 Å². The standard InChI is InChI=1S/C22H32O4/c1-14(2)8-6-10-16(4)20-19-12-15(3)9-7-11-18(13-25-17(5)23)21(20)22(24)26-19/h8-9,16,19-20H,6-7,10-13H2,1-5H3/b15-9-,21-18-/t16?,19-,20-/m1/s1. The maximum Gasteiger partial charge on any atom is 0.334 e. The van der Waals surface area contributed by atoms with Gasteiger partial charge in [0.25, 0.3) is 0 Å². The highest BCUT2D eigenvalue weighted by molar-refractivity contribution is 5.92. The first kappa shape index (κ1) is 20.5. The average molecular weight is 360 g/mol. The number of rotatable bonds is 6. The molecule has 0 aromatic carbocycles. The summed E-state index contributed by atoms with van der Waals surface area (Å²) >= 11 is 0. The van der Waals surface area contributed by atoms with Gasteiger partial charge in [0.05, 0.1) is 0 Å². The van der Waals surface area contributed by atoms with E-state index < -0.39 is 0 Å². The Bertz CT molecular complexity index is 635. The van der Waals surface area contributed by atoms with Crippen molar-refractivity contribution in [3.8, 4) is 0 Å². The molecular formula is C22H32O4. The molecule has 0 aromatic heterocycles. The highest BCUT2D eigenvalue weighted by atomic mass is 16.6. The quantitative estimate of drug-likeness (QED) is 0.499. The zero-order valence-corrected chi connectivity index (χ0v) is 16.8. The third-order valence-corrected chi connectivity index (χ3v) is 5.29. The van der Waals surface area contributed by atoms with Crippen LogP contribution < -0.4 is 0 Å². The zero-order chi connectivity index (χ0) is 19.3. The third-order valence-electron chi connectivity index (χ3n) is 5.29. The van der Waals surface area contributed by atoms with Crippen LogP contribution >= 0.6 is 0 Å². The van der Waals surface area contributed by atoms with Crippen LogP contribution in [0.15, 0.2) is 34.4 Å². The van der Waals surface area contributed by atoms with Crippen molar-refractivity contribution >= 4 is 11.9 Å². The second-order valence-electron chi connectivity index (χ2n) is 7.90. The van der Waals surface area contributed by atoms with Gasteiger partial charge in [0.1, 0.15) is 12.7 Å². The first-order valence-electron chi connectivity index (χ1n) is 9.64. The van der Waals surface area contributed by atoms with Crippen LogP contribution in [0.4, 0.5) is 0 Å². The van der Waals surface area contributed by atoms with Crippen LogP contribution in [0.25, 0.3) is 0 Å². The normalized spacial score (nSPS) is 28.8. The van der Waals surface area contributed by atoms with E-state index in [-0.39, 0.29) is 30.6 Å². The van der Waals surface area contributed by atoms with Gasteiger partial charge in [-0.2, -0.15) is 0 Å². The number of hydrogen-bond acceptors (Lipinski definition) is 4. The Morgan fingerprint density at radius 2 is 2.12 bits per heavy atom. The van der Waals surface area contributed by atoms with Crippen molar-refractivity contribution in [3.63, 3.8) is 0 Å². The van der Waals surface area contributed by atoms with E-state index >= 15 is 0 Å². The number of ether oxygens (including phenoxy) is 2. The monoisotopic (exact) mass is 360 g/mol. The fourth-order valence-electron chi connectivity index (χ4n) is 3.98. The van der Waals surface area contributed by atoms with Gasteiger partial charge in [0, 0.05) is 24.8 Å². The van der Waals surface area contributed by atoms with Crippen LogP contribution in [-0.2, 0) is 19.1 Å². The number of esters is 2. The van der Waals surface area contributed by atoms with Crippen LogP contribution in [-0.4, -0.2) is 24.6 Å². The second kappa shape index (κ2) is 9.20. The number of fused-ring (bicyclic) bond motifs is 2. The van der Waals surface area contributed by atoms with Crippen LogP contribution in [0.3, 0.4) is 0 Å². The van der Waals surface area contributed by atoms with Gasteiger partial charge in [-0.05, 0) is 57.9 Å². The van der Waals surface area contributed by atoms with E-state index in [0.29, 0.717) is 5.92 Å². The first-order valence-corrected chi connectivity index (χ1v) is 9.64. The summed E-state index contributed by atoms with van der Waals surface area (Å²) in [7, 11) is 0. The molecule has 0 spiro atoms. The van der Waals surface area contributed by atoms with Gasteiger partial charge in [-0.1, -0.05) is 30.2 Å². The molecule has 2 bridgehead atoms. The van der Waals surface area contributed by atoms with E-state index in [1.54, 1.807) is 0 Å². The molecule has 4 heteroatoms. The molecule has 1 heterocycles. The number of carbonyl (C=O) groups is 2. The van der Waals surface area contributed by atoms with E-state index in [1.165, 1.54) is 18.1 Å². The Morgan fingerprint density at radius 3 is 2.77 bits per heavy atom. The minimum absolute atomic E-state index is 0.0695. The van der Waals surface area contributed by atoms with Gasteiger partial charge >= 0.3 is 11.9 Å². The van der Waals surface area contributed by atoms with Crippen LogP contribution in [0.1, 0.15) is 66.7 Å². The van der Waals surface area contributed by atoms with Crippen molar-refractivity contribution in [3.05, 3.63) is 34.4 Å². The summed E-state index contributed by atoms with van der Waals surface area (Å²) < 4.78 is 11.0. The van der Waals surface area contributed by atoms with Gasteiger partial charge in [0.2, 0.25) is 0 Å². The summed E-state index contributed by atoms with van der Waals surface area (Å²) in [5.74, 6) is -0.137. The lowest BCUT2D eigenvalue weighted by Gasteiger charge is -2.25. The SMILES string of the molecule is CC(=O)OC/C1=C2\C(=O)O[C@H](C/C(C)=C\CC1)[C@H]2C(C)CCC=C(C)C. The third kappa shape index (κ3) is 5.33. The fourth-order valence-corrected chi connectivity index (χ4v) is 3.98. The molecule has 2 aliphatic rings. The molecule has 0 N–H and O–H groups in total. The van der Waals surface area contributed by atoms with Crippen molar-refractivity contribution in [1.82, 2.24) is 0 Å². The highest BCUT2D eigenvalue weighted by Crippen LogP contribution is 2.42. The summed E-state index contributed by atoms with van der Waals surface area (Å²) in [6, 6.07) is 0. The molecular weight excluding hydrogens is 328 g/mol. The molecule has 144 valence electrons. The Labute approximate surface area is 157 Å². The molecule has 1 aliphatic carbocycles. The lowest BCUT2D eigenvalue weighted by atomic mass is 9.78. The van der Waals surface area contributed by atoms with Gasteiger partial charge < -0.3 is 9.47 Å². The molecule has 1 saturated heterocycles. The maximum absolute atomic E-state index is 12.7. The lowest BCUT2D eigenvalue weighted by Crippen LogP contribution is -2.25. The molecule has 1 aliphatic heterocycles. The predicted molar refractivity (Wildman–Crippen MR) is 102 cm³/mol. The topological polar surface area (TPSA) is 52.6 Å². The Morgan fingerprint density at radius 1 is 1.38 bits per heavy atom. The summed E-state index contributed by atoms with van der Waals surface area (Å²) in [5.41, 5.74) is 4.27. The van der Waals surface area contributed by atoms with Crippen LogP contribution in [0, 0.1) is 11.8 Å². The molecule has 26 heavy (non-hydrogen) atoms. The lowest BCUT2D eigenvalue weighted by molar-refractivity contribution is -0.141. The number of carbonyl (C=O) groups excluding carboxylic acids is 2. The maximum atomic E-state index is 12.7. The molecule has 1 fully saturated rings. The Kier molecular flexibility index (Phi) is 7.24. The number of allylic oxidation sites excluding steroid dienone is 3. The summed E-state index contributed by atoms with van der Waals surface area (Å²) in [5, 5.41) is 0. The molecule has 0 radical (unpaired) electrons. The first-order chi connectivity index (χ1) is 12.3. The summed E-state index contributed by atoms with van der Waals surface area (Å²) in [6.45, 7) is 10.1. The molecule has 2 rings (SSSR count). The van der Waals surface area contributed by atoms with E-state index in [2.05, 4.69) is 39.8 Å². The molecule has 1 unspecified atom stereocenters. The molecule has 4 nitrogen and oxygen atoms in total. The molecule has 0 saturated carbocycles. The Hall–Kier alpha value is -1.84. The largest absolute Gasteiger partial charge is 0.461 e. The van der Waals surface area contributed by atoms with Crippen molar-refractivity contribution in [1.29, 1.82) is 0 Å². The van der Waals surface area contributed by atoms with Gasteiger partial charge in [-0.15, -0.1) is 0 Å². The minimum atomic E-state index is -0.319. The highest BCUT2D eigenvalue weighted by Gasteiger charge is 2.44. The van der Waals surface area contributed by atoms with Crippen molar-refractivity contribution in [2.24, 2.45) is 11.8 Å². The van der Waals surface area contributed by atoms with Gasteiger partial charge in [-0.25, -0.2) is 4.79 Å². The van der Waals surface area contributed by atoms with E-state index in [1.807, 2.05) is 0 Å². The van der Waals surface area contributed by atoms with Crippen molar-refractivity contribution < 1.29 is 19.1 Å². The van der Waals surface area contributed by atoms with Crippen molar-refractivity contribution in [2.75, 3.05) is 6.61 Å². The second-order valence-corrected chi connectivity index (χ2v) is 7.90. The fraction of sp³-hybridized carbons (Fsp3) is 0.636. The molecule has 0 amide bonds. The van der Waals surface area contributed by atoms with E-state index in [0.717, 1.165) is 43.3 Å². The predicted octanol–water partition coefficient (Wildman–Crippen LogP) is 4.90. The van der Waals surface area contributed by atoms with Crippen LogP contribution in [0.5, 0.6) is 0 Å². The minimum Gasteiger partial charge on any atom is -0.461 e. The average Bonchev–Trinajstić information content (AvgIpc) is 2.88. The van der Waals surface area contributed by atoms with Gasteiger partial charge in [-0.3, -0.25) is 4.79 Å². The van der Waals surface area contributed by atoms with E-state index in [4.69, 9.17) is 9.47 Å². The molecule has 3 atom stereocenters. The van der Waals surface area contributed by atoms with Crippen LogP contribution in [0.2, 0.25) is 0 Å². The van der Waals surface area contributed by atoms with Crippen molar-refractivity contribution in [2.45, 2.75) is 72.8 Å².